The number of hydrogen-bond acceptors (Lipinski definition) is 5. The number of ether oxygens (including phenoxy) is 1. The Bertz CT molecular complexity index is 1110. The predicted molar refractivity (Wildman–Crippen MR) is 106 cm³/mol. The highest BCUT2D eigenvalue weighted by molar-refractivity contribution is 6.00. The Morgan fingerprint density at radius 3 is 2.72 bits per heavy atom. The van der Waals surface area contributed by atoms with Crippen LogP contribution >= 0.6 is 0 Å². The second-order valence-electron chi connectivity index (χ2n) is 6.57. The second kappa shape index (κ2) is 7.97. The lowest BCUT2D eigenvalue weighted by Gasteiger charge is -2.15. The van der Waals surface area contributed by atoms with Gasteiger partial charge in [0.15, 0.2) is 0 Å². The van der Waals surface area contributed by atoms with Crippen LogP contribution in [-0.2, 0) is 11.2 Å². The van der Waals surface area contributed by atoms with Gasteiger partial charge in [-0.1, -0.05) is 18.2 Å². The molecule has 3 aromatic rings. The van der Waals surface area contributed by atoms with Crippen LogP contribution in [0.25, 0.3) is 0 Å². The van der Waals surface area contributed by atoms with Gasteiger partial charge in [0.1, 0.15) is 29.1 Å². The van der Waals surface area contributed by atoms with Gasteiger partial charge < -0.3 is 20.4 Å². The van der Waals surface area contributed by atoms with Gasteiger partial charge in [-0.15, -0.1) is 0 Å². The fraction of sp³-hybridized carbons (Fsp3) is 0.143. The molecule has 8 heteroatoms. The van der Waals surface area contributed by atoms with E-state index in [1.54, 1.807) is 24.3 Å². The summed E-state index contributed by atoms with van der Waals surface area (Å²) in [5, 5.41) is 5.36. The first-order valence-electron chi connectivity index (χ1n) is 9.11. The Hall–Kier alpha value is -3.94. The van der Waals surface area contributed by atoms with E-state index in [1.807, 2.05) is 18.2 Å². The molecule has 0 aliphatic carbocycles. The van der Waals surface area contributed by atoms with Crippen molar-refractivity contribution >= 4 is 17.6 Å². The number of carbonyl (C=O) groups excluding carboxylic acids is 2. The fourth-order valence-corrected chi connectivity index (χ4v) is 3.06. The smallest absolute Gasteiger partial charge is 0.270 e. The van der Waals surface area contributed by atoms with Crippen molar-refractivity contribution in [3.05, 3.63) is 82.4 Å². The Morgan fingerprint density at radius 2 is 1.90 bits per heavy atom. The molecule has 0 spiro atoms. The largest absolute Gasteiger partial charge is 0.457 e. The molecule has 0 radical (unpaired) electrons. The number of pyridine rings is 2. The van der Waals surface area contributed by atoms with Crippen molar-refractivity contribution in [2.45, 2.75) is 18.9 Å². The summed E-state index contributed by atoms with van der Waals surface area (Å²) in [6, 6.07) is 14.7. The van der Waals surface area contributed by atoms with Gasteiger partial charge in [0.05, 0.1) is 0 Å². The van der Waals surface area contributed by atoms with Gasteiger partial charge in [0.2, 0.25) is 11.5 Å². The lowest BCUT2D eigenvalue weighted by molar-refractivity contribution is -0.118. The number of H-pyrrole nitrogens is 1. The maximum absolute atomic E-state index is 12.6. The minimum Gasteiger partial charge on any atom is -0.457 e. The molecule has 3 heterocycles. The van der Waals surface area contributed by atoms with Gasteiger partial charge in [-0.05, 0) is 42.7 Å². The number of rotatable bonds is 4. The van der Waals surface area contributed by atoms with Crippen molar-refractivity contribution in [2.75, 3.05) is 5.32 Å². The number of benzene rings is 1. The predicted octanol–water partition coefficient (Wildman–Crippen LogP) is 2.25. The van der Waals surface area contributed by atoms with Crippen molar-refractivity contribution in [1.82, 2.24) is 15.3 Å². The summed E-state index contributed by atoms with van der Waals surface area (Å²) in [5.41, 5.74) is 0.651. The van der Waals surface area contributed by atoms with E-state index in [-0.39, 0.29) is 11.3 Å². The maximum Gasteiger partial charge on any atom is 0.270 e. The number of aryl methyl sites for hydroxylation is 1. The zero-order valence-corrected chi connectivity index (χ0v) is 15.3. The number of nitrogens with one attached hydrogen (secondary N) is 3. The van der Waals surface area contributed by atoms with E-state index in [0.717, 1.165) is 5.56 Å². The molecule has 1 atom stereocenters. The number of nitrogens with zero attached hydrogens (tertiary/aromatic N) is 1. The van der Waals surface area contributed by atoms with Crippen LogP contribution in [0, 0.1) is 0 Å². The molecule has 8 nitrogen and oxygen atoms in total. The van der Waals surface area contributed by atoms with E-state index in [2.05, 4.69) is 20.6 Å². The van der Waals surface area contributed by atoms with Gasteiger partial charge in [0.25, 0.3) is 5.91 Å². The average Bonchev–Trinajstić information content (AvgIpc) is 2.87. The molecule has 3 N–H and O–H groups in total. The van der Waals surface area contributed by atoms with Crippen LogP contribution in [0.4, 0.5) is 5.82 Å². The second-order valence-corrected chi connectivity index (χ2v) is 6.57. The third-order valence-electron chi connectivity index (χ3n) is 4.52. The first kappa shape index (κ1) is 18.4. The average molecular weight is 390 g/mol. The molecule has 29 heavy (non-hydrogen) atoms. The Morgan fingerprint density at radius 1 is 1.07 bits per heavy atom. The monoisotopic (exact) mass is 390 g/mol. The van der Waals surface area contributed by atoms with E-state index >= 15 is 0 Å². The standard InChI is InChI=1S/C21H18N4O4/c26-18-9-7-13-6-8-16(20(27)25-19(13)24-18)23-21(28)17-12-15(10-11-22-17)29-14-4-2-1-3-5-14/h1-5,7,9-12,16H,6,8H2,(H,23,28)(H2,24,25,26,27). The van der Waals surface area contributed by atoms with Crippen molar-refractivity contribution < 1.29 is 14.3 Å². The molecule has 4 rings (SSSR count). The highest BCUT2D eigenvalue weighted by atomic mass is 16.5. The van der Waals surface area contributed by atoms with E-state index < -0.39 is 17.9 Å². The first-order chi connectivity index (χ1) is 14.1. The molecule has 0 saturated heterocycles. The number of hydrogen-bond donors (Lipinski definition) is 3. The highest BCUT2D eigenvalue weighted by Gasteiger charge is 2.26. The van der Waals surface area contributed by atoms with Gasteiger partial charge in [-0.2, -0.15) is 0 Å². The molecule has 2 aromatic heterocycles. The van der Waals surface area contributed by atoms with Crippen LogP contribution < -0.4 is 20.9 Å². The molecule has 1 unspecified atom stereocenters. The number of anilines is 1. The van der Waals surface area contributed by atoms with Crippen LogP contribution in [-0.4, -0.2) is 27.8 Å². The van der Waals surface area contributed by atoms with Crippen LogP contribution in [0.5, 0.6) is 11.5 Å². The van der Waals surface area contributed by atoms with Crippen LogP contribution in [0.15, 0.2) is 65.6 Å². The van der Waals surface area contributed by atoms with Crippen LogP contribution in [0.3, 0.4) is 0 Å². The number of aromatic amines is 1. The lowest BCUT2D eigenvalue weighted by atomic mass is 10.1. The number of fused-ring (bicyclic) bond motifs is 1. The quantitative estimate of drug-likeness (QED) is 0.632. The maximum atomic E-state index is 12.6. The number of aromatic nitrogens is 2. The summed E-state index contributed by atoms with van der Waals surface area (Å²) in [4.78, 5) is 43.3. The minimum absolute atomic E-state index is 0.140. The van der Waals surface area contributed by atoms with Gasteiger partial charge in [-0.3, -0.25) is 19.4 Å². The summed E-state index contributed by atoms with van der Waals surface area (Å²) in [7, 11) is 0. The minimum atomic E-state index is -0.751. The third kappa shape index (κ3) is 4.32. The molecule has 0 bridgehead atoms. The van der Waals surface area contributed by atoms with Gasteiger partial charge in [0, 0.05) is 18.3 Å². The number of amides is 2. The van der Waals surface area contributed by atoms with Crippen molar-refractivity contribution in [2.24, 2.45) is 0 Å². The number of para-hydroxylation sites is 1. The summed E-state index contributed by atoms with van der Waals surface area (Å²) in [5.74, 6) is 0.598. The Kier molecular flexibility index (Phi) is 5.07. The topological polar surface area (TPSA) is 113 Å². The SMILES string of the molecule is O=C(NC1CCc2ccc(=O)[nH]c2NC1=O)c1cc(Oc2ccccc2)ccn1. The first-order valence-corrected chi connectivity index (χ1v) is 9.11. The van der Waals surface area contributed by atoms with Gasteiger partial charge >= 0.3 is 0 Å². The van der Waals surface area contributed by atoms with Crippen molar-refractivity contribution in [1.29, 1.82) is 0 Å². The lowest BCUT2D eigenvalue weighted by Crippen LogP contribution is -2.43. The van der Waals surface area contributed by atoms with Crippen molar-refractivity contribution in [3.63, 3.8) is 0 Å². The van der Waals surface area contributed by atoms with Gasteiger partial charge in [-0.25, -0.2) is 0 Å². The molecule has 1 aliphatic rings. The molecule has 0 saturated carbocycles. The molecule has 1 aromatic carbocycles. The van der Waals surface area contributed by atoms with E-state index in [9.17, 15) is 14.4 Å². The molecule has 0 fully saturated rings. The zero-order chi connectivity index (χ0) is 20.2. The Balaban J connectivity index is 1.46. The van der Waals surface area contributed by atoms with Crippen molar-refractivity contribution in [3.8, 4) is 11.5 Å². The summed E-state index contributed by atoms with van der Waals surface area (Å²) in [6.07, 6.45) is 2.40. The molecule has 2 amide bonds. The summed E-state index contributed by atoms with van der Waals surface area (Å²) in [6.45, 7) is 0. The molecule has 146 valence electrons. The van der Waals surface area contributed by atoms with Crippen LogP contribution in [0.1, 0.15) is 22.5 Å². The number of carbonyl (C=O) groups is 2. The Labute approximate surface area is 166 Å². The van der Waals surface area contributed by atoms with E-state index in [1.165, 1.54) is 18.3 Å². The highest BCUT2D eigenvalue weighted by Crippen LogP contribution is 2.21. The zero-order valence-electron chi connectivity index (χ0n) is 15.3. The van der Waals surface area contributed by atoms with E-state index in [4.69, 9.17) is 4.74 Å². The molecular weight excluding hydrogens is 372 g/mol. The third-order valence-corrected chi connectivity index (χ3v) is 4.52. The summed E-state index contributed by atoms with van der Waals surface area (Å²) < 4.78 is 5.72. The molecule has 1 aliphatic heterocycles. The fourth-order valence-electron chi connectivity index (χ4n) is 3.06. The normalized spacial score (nSPS) is 15.6. The molecular formula is C21H18N4O4. The van der Waals surface area contributed by atoms with E-state index in [0.29, 0.717) is 30.2 Å². The summed E-state index contributed by atoms with van der Waals surface area (Å²) >= 11 is 0. The van der Waals surface area contributed by atoms with Crippen LogP contribution in [0.2, 0.25) is 0 Å².